The van der Waals surface area contributed by atoms with Gasteiger partial charge in [0.25, 0.3) is 0 Å². The van der Waals surface area contributed by atoms with Gasteiger partial charge in [0.2, 0.25) is 17.8 Å². The lowest BCUT2D eigenvalue weighted by atomic mass is 9.95. The van der Waals surface area contributed by atoms with Crippen molar-refractivity contribution in [2.45, 2.75) is 44.6 Å². The maximum Gasteiger partial charge on any atom is 0.231 e. The van der Waals surface area contributed by atoms with Crippen LogP contribution in [0.4, 0.5) is 17.8 Å². The van der Waals surface area contributed by atoms with E-state index < -0.39 is 0 Å². The van der Waals surface area contributed by atoms with E-state index in [4.69, 9.17) is 0 Å². The average Bonchev–Trinajstić information content (AvgIpc) is 3.24. The van der Waals surface area contributed by atoms with Crippen LogP contribution in [-0.4, -0.2) is 41.1 Å². The van der Waals surface area contributed by atoms with Crippen molar-refractivity contribution < 1.29 is 0 Å². The summed E-state index contributed by atoms with van der Waals surface area (Å²) >= 11 is 0. The number of rotatable bonds is 4. The molecule has 2 N–H and O–H groups in total. The van der Waals surface area contributed by atoms with Gasteiger partial charge in [-0.05, 0) is 43.9 Å². The molecule has 3 fully saturated rings. The maximum atomic E-state index is 4.66. The molecule has 0 aromatic carbocycles. The molecule has 2 bridgehead atoms. The third-order valence-corrected chi connectivity index (χ3v) is 5.29. The fraction of sp³-hybridized carbons (Fsp3) is 0.800. The van der Waals surface area contributed by atoms with Crippen LogP contribution in [0.5, 0.6) is 0 Å². The van der Waals surface area contributed by atoms with E-state index in [-0.39, 0.29) is 0 Å². The topological polar surface area (TPSA) is 66.0 Å². The van der Waals surface area contributed by atoms with Crippen LogP contribution in [0.2, 0.25) is 0 Å². The van der Waals surface area contributed by atoms with Gasteiger partial charge in [0.15, 0.2) is 0 Å². The third kappa shape index (κ3) is 2.51. The van der Waals surface area contributed by atoms with Gasteiger partial charge in [-0.15, -0.1) is 0 Å². The van der Waals surface area contributed by atoms with Crippen molar-refractivity contribution in [1.29, 1.82) is 0 Å². The molecule has 3 atom stereocenters. The van der Waals surface area contributed by atoms with Crippen LogP contribution in [0.3, 0.4) is 0 Å². The first-order chi connectivity index (χ1) is 10.3. The van der Waals surface area contributed by atoms with Crippen molar-refractivity contribution in [2.75, 3.05) is 35.7 Å². The fourth-order valence-corrected chi connectivity index (χ4v) is 4.19. The van der Waals surface area contributed by atoms with Gasteiger partial charge in [0.05, 0.1) is 0 Å². The Labute approximate surface area is 125 Å². The molecule has 1 saturated heterocycles. The number of nitrogens with zero attached hydrogens (tertiary/aromatic N) is 4. The largest absolute Gasteiger partial charge is 0.357 e. The summed E-state index contributed by atoms with van der Waals surface area (Å²) in [5.41, 5.74) is 0. The Bertz CT molecular complexity index is 513. The van der Waals surface area contributed by atoms with Gasteiger partial charge in [-0.25, -0.2) is 0 Å². The van der Waals surface area contributed by atoms with Gasteiger partial charge in [0.1, 0.15) is 0 Å². The second-order valence-corrected chi connectivity index (χ2v) is 6.65. The second kappa shape index (κ2) is 5.31. The predicted octanol–water partition coefficient (Wildman–Crippen LogP) is 2.11. The van der Waals surface area contributed by atoms with E-state index in [1.54, 1.807) is 0 Å². The maximum absolute atomic E-state index is 4.66. The molecule has 2 saturated carbocycles. The minimum absolute atomic E-state index is 0.558. The Kier molecular flexibility index (Phi) is 3.31. The monoisotopic (exact) mass is 288 g/mol. The zero-order valence-electron chi connectivity index (χ0n) is 12.7. The molecule has 2 heterocycles. The lowest BCUT2D eigenvalue weighted by Gasteiger charge is -2.24. The molecule has 114 valence electrons. The first-order valence-electron chi connectivity index (χ1n) is 8.27. The molecule has 6 heteroatoms. The van der Waals surface area contributed by atoms with Gasteiger partial charge >= 0.3 is 0 Å². The SMILES string of the molecule is CNc1nc(NC2CC3CCC2C3)nc(N2CCCC2)n1. The summed E-state index contributed by atoms with van der Waals surface area (Å²) in [7, 11) is 1.87. The molecule has 4 rings (SSSR count). The summed E-state index contributed by atoms with van der Waals surface area (Å²) in [5.74, 6) is 3.97. The van der Waals surface area contributed by atoms with E-state index in [9.17, 15) is 0 Å². The van der Waals surface area contributed by atoms with Gasteiger partial charge < -0.3 is 15.5 Å². The molecule has 0 amide bonds. The highest BCUT2D eigenvalue weighted by Crippen LogP contribution is 2.45. The van der Waals surface area contributed by atoms with Crippen LogP contribution in [0, 0.1) is 11.8 Å². The molecule has 2 aliphatic carbocycles. The summed E-state index contributed by atoms with van der Waals surface area (Å²) in [6.45, 7) is 2.11. The molecule has 3 unspecified atom stereocenters. The fourth-order valence-electron chi connectivity index (χ4n) is 4.19. The quantitative estimate of drug-likeness (QED) is 0.884. The summed E-state index contributed by atoms with van der Waals surface area (Å²) in [5, 5.41) is 6.64. The van der Waals surface area contributed by atoms with E-state index in [2.05, 4.69) is 30.5 Å². The van der Waals surface area contributed by atoms with E-state index in [0.717, 1.165) is 36.8 Å². The Balaban J connectivity index is 1.54. The molecule has 0 spiro atoms. The van der Waals surface area contributed by atoms with Crippen LogP contribution < -0.4 is 15.5 Å². The molecular weight excluding hydrogens is 264 g/mol. The molecule has 6 nitrogen and oxygen atoms in total. The van der Waals surface area contributed by atoms with Crippen molar-refractivity contribution in [3.05, 3.63) is 0 Å². The van der Waals surface area contributed by atoms with Crippen LogP contribution in [0.25, 0.3) is 0 Å². The summed E-state index contributed by atoms with van der Waals surface area (Å²) in [6.07, 6.45) is 7.92. The number of hydrogen-bond acceptors (Lipinski definition) is 6. The minimum Gasteiger partial charge on any atom is -0.357 e. The van der Waals surface area contributed by atoms with Gasteiger partial charge in [-0.3, -0.25) is 0 Å². The molecule has 3 aliphatic rings. The molecule has 0 radical (unpaired) electrons. The number of nitrogens with one attached hydrogen (secondary N) is 2. The van der Waals surface area contributed by atoms with Crippen molar-refractivity contribution in [3.63, 3.8) is 0 Å². The predicted molar refractivity (Wildman–Crippen MR) is 83.7 cm³/mol. The summed E-state index contributed by atoms with van der Waals surface area (Å²) in [6, 6.07) is 0.558. The van der Waals surface area contributed by atoms with Crippen molar-refractivity contribution >= 4 is 17.8 Å². The van der Waals surface area contributed by atoms with Gasteiger partial charge in [-0.2, -0.15) is 15.0 Å². The summed E-state index contributed by atoms with van der Waals surface area (Å²) in [4.78, 5) is 15.9. The van der Waals surface area contributed by atoms with E-state index >= 15 is 0 Å². The van der Waals surface area contributed by atoms with Crippen LogP contribution in [0.1, 0.15) is 38.5 Å². The minimum atomic E-state index is 0.558. The third-order valence-electron chi connectivity index (χ3n) is 5.29. The van der Waals surface area contributed by atoms with E-state index in [1.165, 1.54) is 38.5 Å². The number of fused-ring (bicyclic) bond motifs is 2. The number of hydrogen-bond donors (Lipinski definition) is 2. The lowest BCUT2D eigenvalue weighted by molar-refractivity contribution is 0.438. The second-order valence-electron chi connectivity index (χ2n) is 6.65. The zero-order valence-corrected chi connectivity index (χ0v) is 12.7. The van der Waals surface area contributed by atoms with Crippen LogP contribution >= 0.6 is 0 Å². The van der Waals surface area contributed by atoms with Crippen molar-refractivity contribution in [1.82, 2.24) is 15.0 Å². The average molecular weight is 288 g/mol. The zero-order chi connectivity index (χ0) is 14.2. The molecule has 1 aliphatic heterocycles. The number of aromatic nitrogens is 3. The standard InChI is InChI=1S/C15H24N6/c1-16-13-18-14(17-12-9-10-4-5-11(12)8-10)20-15(19-13)21-6-2-3-7-21/h10-12H,2-9H2,1H3,(H2,16,17,18,19,20). The lowest BCUT2D eigenvalue weighted by Crippen LogP contribution is -2.28. The Hall–Kier alpha value is -1.59. The van der Waals surface area contributed by atoms with Crippen molar-refractivity contribution in [2.24, 2.45) is 11.8 Å². The normalized spacial score (nSPS) is 30.9. The Morgan fingerprint density at radius 2 is 1.81 bits per heavy atom. The highest BCUT2D eigenvalue weighted by atomic mass is 15.3. The summed E-state index contributed by atoms with van der Waals surface area (Å²) < 4.78 is 0. The Morgan fingerprint density at radius 3 is 2.48 bits per heavy atom. The van der Waals surface area contributed by atoms with Crippen LogP contribution in [0.15, 0.2) is 0 Å². The van der Waals surface area contributed by atoms with Crippen molar-refractivity contribution in [3.8, 4) is 0 Å². The molecule has 21 heavy (non-hydrogen) atoms. The van der Waals surface area contributed by atoms with Gasteiger partial charge in [0, 0.05) is 26.2 Å². The molecule has 1 aromatic heterocycles. The van der Waals surface area contributed by atoms with Gasteiger partial charge in [-0.1, -0.05) is 6.42 Å². The first-order valence-corrected chi connectivity index (χ1v) is 8.27. The Morgan fingerprint density at radius 1 is 1.00 bits per heavy atom. The smallest absolute Gasteiger partial charge is 0.231 e. The van der Waals surface area contributed by atoms with Crippen LogP contribution in [-0.2, 0) is 0 Å². The highest BCUT2D eigenvalue weighted by molar-refractivity contribution is 5.44. The molecule has 1 aromatic rings. The number of anilines is 3. The van der Waals surface area contributed by atoms with E-state index in [1.807, 2.05) is 7.05 Å². The molecular formula is C15H24N6. The van der Waals surface area contributed by atoms with E-state index in [0.29, 0.717) is 12.0 Å². The highest BCUT2D eigenvalue weighted by Gasteiger charge is 2.39. The first kappa shape index (κ1) is 13.1.